The maximum Gasteiger partial charge on any atom is 0.295 e. The van der Waals surface area contributed by atoms with Gasteiger partial charge in [0.15, 0.2) is 5.82 Å². The Labute approximate surface area is 113 Å². The van der Waals surface area contributed by atoms with Crippen LogP contribution in [0.3, 0.4) is 0 Å². The standard InChI is InChI=1S/C14H21FN2O2/c1-2-3-4-5-6-7-11-16-14-12(15)9-8-10-13(14)17(18)19/h8-10,16H,2-7,11H2,1H3. The molecule has 0 amide bonds. The van der Waals surface area contributed by atoms with E-state index in [2.05, 4.69) is 12.2 Å². The molecule has 1 N–H and O–H groups in total. The Balaban J connectivity index is 2.38. The van der Waals surface area contributed by atoms with Gasteiger partial charge in [0, 0.05) is 12.6 Å². The van der Waals surface area contributed by atoms with Crippen LogP contribution in [0.5, 0.6) is 0 Å². The lowest BCUT2D eigenvalue weighted by Gasteiger charge is -2.07. The maximum atomic E-state index is 13.5. The normalized spacial score (nSPS) is 10.4. The topological polar surface area (TPSA) is 55.2 Å². The van der Waals surface area contributed by atoms with Crippen molar-refractivity contribution < 1.29 is 9.31 Å². The van der Waals surface area contributed by atoms with Gasteiger partial charge in [-0.1, -0.05) is 45.1 Å². The molecule has 0 spiro atoms. The minimum Gasteiger partial charge on any atom is -0.377 e. The van der Waals surface area contributed by atoms with Crippen molar-refractivity contribution in [2.24, 2.45) is 0 Å². The van der Waals surface area contributed by atoms with Crippen LogP contribution in [0.25, 0.3) is 0 Å². The average Bonchev–Trinajstić information content (AvgIpc) is 2.39. The second-order valence-electron chi connectivity index (χ2n) is 4.59. The molecule has 0 atom stereocenters. The number of para-hydroxylation sites is 1. The van der Waals surface area contributed by atoms with Gasteiger partial charge < -0.3 is 5.32 Å². The van der Waals surface area contributed by atoms with Gasteiger partial charge in [-0.25, -0.2) is 4.39 Å². The molecule has 0 aliphatic heterocycles. The third kappa shape index (κ3) is 5.24. The fourth-order valence-electron chi connectivity index (χ4n) is 1.96. The first-order chi connectivity index (χ1) is 9.16. The zero-order chi connectivity index (χ0) is 14.1. The van der Waals surface area contributed by atoms with Gasteiger partial charge in [0.25, 0.3) is 5.69 Å². The summed E-state index contributed by atoms with van der Waals surface area (Å²) in [5, 5.41) is 13.6. The molecule has 106 valence electrons. The fraction of sp³-hybridized carbons (Fsp3) is 0.571. The molecule has 0 saturated carbocycles. The van der Waals surface area contributed by atoms with Crippen LogP contribution < -0.4 is 5.32 Å². The Morgan fingerprint density at radius 2 is 1.89 bits per heavy atom. The van der Waals surface area contributed by atoms with E-state index in [4.69, 9.17) is 0 Å². The summed E-state index contributed by atoms with van der Waals surface area (Å²) in [7, 11) is 0. The van der Waals surface area contributed by atoms with E-state index >= 15 is 0 Å². The summed E-state index contributed by atoms with van der Waals surface area (Å²) in [6.45, 7) is 2.73. The molecule has 0 saturated heterocycles. The van der Waals surface area contributed by atoms with Gasteiger partial charge >= 0.3 is 0 Å². The van der Waals surface area contributed by atoms with E-state index in [0.717, 1.165) is 19.3 Å². The molecule has 5 heteroatoms. The molecule has 0 heterocycles. The van der Waals surface area contributed by atoms with E-state index in [1.165, 1.54) is 37.5 Å². The molecular weight excluding hydrogens is 247 g/mol. The molecular formula is C14H21FN2O2. The number of unbranched alkanes of at least 4 members (excludes halogenated alkanes) is 5. The van der Waals surface area contributed by atoms with E-state index in [-0.39, 0.29) is 11.4 Å². The molecule has 1 aromatic carbocycles. The molecule has 19 heavy (non-hydrogen) atoms. The number of nitro groups is 1. The smallest absolute Gasteiger partial charge is 0.295 e. The molecule has 0 fully saturated rings. The van der Waals surface area contributed by atoms with Crippen LogP contribution in [0.2, 0.25) is 0 Å². The van der Waals surface area contributed by atoms with E-state index < -0.39 is 10.7 Å². The number of hydrogen-bond donors (Lipinski definition) is 1. The highest BCUT2D eigenvalue weighted by molar-refractivity contribution is 5.62. The molecule has 0 aromatic heterocycles. The maximum absolute atomic E-state index is 13.5. The number of benzene rings is 1. The first-order valence-electron chi connectivity index (χ1n) is 6.83. The molecule has 0 aliphatic carbocycles. The average molecular weight is 268 g/mol. The number of hydrogen-bond acceptors (Lipinski definition) is 3. The Bertz CT molecular complexity index is 410. The number of nitrogens with one attached hydrogen (secondary N) is 1. The largest absolute Gasteiger partial charge is 0.377 e. The minimum absolute atomic E-state index is 0.000980. The number of rotatable bonds is 9. The highest BCUT2D eigenvalue weighted by Crippen LogP contribution is 2.26. The van der Waals surface area contributed by atoms with Crippen molar-refractivity contribution in [3.63, 3.8) is 0 Å². The molecule has 0 radical (unpaired) electrons. The predicted octanol–water partition coefficient (Wildman–Crippen LogP) is 4.51. The lowest BCUT2D eigenvalue weighted by atomic mass is 10.1. The lowest BCUT2D eigenvalue weighted by Crippen LogP contribution is -2.06. The molecule has 0 unspecified atom stereocenters. The van der Waals surface area contributed by atoms with Crippen molar-refractivity contribution in [2.45, 2.75) is 45.4 Å². The SMILES string of the molecule is CCCCCCCCNc1c(F)cccc1[N+](=O)[O-]. The summed E-state index contributed by atoms with van der Waals surface area (Å²) in [5.41, 5.74) is -0.202. The number of halogens is 1. The van der Waals surface area contributed by atoms with Gasteiger partial charge in [0.05, 0.1) is 4.92 Å². The Morgan fingerprint density at radius 1 is 1.21 bits per heavy atom. The zero-order valence-corrected chi connectivity index (χ0v) is 11.3. The highest BCUT2D eigenvalue weighted by Gasteiger charge is 2.16. The monoisotopic (exact) mass is 268 g/mol. The van der Waals surface area contributed by atoms with Crippen LogP contribution in [0.15, 0.2) is 18.2 Å². The van der Waals surface area contributed by atoms with E-state index in [9.17, 15) is 14.5 Å². The highest BCUT2D eigenvalue weighted by atomic mass is 19.1. The van der Waals surface area contributed by atoms with Crippen LogP contribution in [-0.2, 0) is 0 Å². The van der Waals surface area contributed by atoms with Crippen LogP contribution >= 0.6 is 0 Å². The number of nitrogens with zero attached hydrogens (tertiary/aromatic N) is 1. The second kappa shape index (κ2) is 8.45. The molecule has 1 aromatic rings. The van der Waals surface area contributed by atoms with Crippen LogP contribution in [0.1, 0.15) is 45.4 Å². The van der Waals surface area contributed by atoms with Crippen molar-refractivity contribution in [3.8, 4) is 0 Å². The van der Waals surface area contributed by atoms with E-state index in [1.54, 1.807) is 0 Å². The van der Waals surface area contributed by atoms with Gasteiger partial charge in [-0.05, 0) is 12.5 Å². The van der Waals surface area contributed by atoms with Gasteiger partial charge in [0.2, 0.25) is 0 Å². The van der Waals surface area contributed by atoms with Crippen molar-refractivity contribution in [2.75, 3.05) is 11.9 Å². The van der Waals surface area contributed by atoms with Gasteiger partial charge in [-0.3, -0.25) is 10.1 Å². The van der Waals surface area contributed by atoms with Crippen molar-refractivity contribution >= 4 is 11.4 Å². The second-order valence-corrected chi connectivity index (χ2v) is 4.59. The summed E-state index contributed by atoms with van der Waals surface area (Å²) >= 11 is 0. The summed E-state index contributed by atoms with van der Waals surface area (Å²) in [4.78, 5) is 10.2. The number of nitro benzene ring substituents is 1. The van der Waals surface area contributed by atoms with E-state index in [0.29, 0.717) is 6.54 Å². The third-order valence-electron chi connectivity index (χ3n) is 3.02. The van der Waals surface area contributed by atoms with Gasteiger partial charge in [-0.2, -0.15) is 0 Å². The zero-order valence-electron chi connectivity index (χ0n) is 11.3. The first-order valence-corrected chi connectivity index (χ1v) is 6.83. The van der Waals surface area contributed by atoms with Gasteiger partial charge in [-0.15, -0.1) is 0 Å². The Hall–Kier alpha value is -1.65. The number of anilines is 1. The summed E-state index contributed by atoms with van der Waals surface area (Å²) < 4.78 is 13.5. The van der Waals surface area contributed by atoms with Crippen molar-refractivity contribution in [1.82, 2.24) is 0 Å². The summed E-state index contributed by atoms with van der Waals surface area (Å²) in [6, 6.07) is 3.90. The minimum atomic E-state index is -0.569. The van der Waals surface area contributed by atoms with Crippen LogP contribution in [-0.4, -0.2) is 11.5 Å². The van der Waals surface area contributed by atoms with Gasteiger partial charge in [0.1, 0.15) is 5.69 Å². The van der Waals surface area contributed by atoms with Crippen LogP contribution in [0, 0.1) is 15.9 Å². The van der Waals surface area contributed by atoms with Crippen molar-refractivity contribution in [3.05, 3.63) is 34.1 Å². The van der Waals surface area contributed by atoms with Crippen LogP contribution in [0.4, 0.5) is 15.8 Å². The Kier molecular flexibility index (Phi) is 6.85. The Morgan fingerprint density at radius 3 is 2.58 bits per heavy atom. The third-order valence-corrected chi connectivity index (χ3v) is 3.02. The van der Waals surface area contributed by atoms with Crippen molar-refractivity contribution in [1.29, 1.82) is 0 Å². The molecule has 1 rings (SSSR count). The molecule has 0 aliphatic rings. The lowest BCUT2D eigenvalue weighted by molar-refractivity contribution is -0.384. The fourth-order valence-corrected chi connectivity index (χ4v) is 1.96. The molecule has 0 bridgehead atoms. The first kappa shape index (κ1) is 15.4. The van der Waals surface area contributed by atoms with E-state index in [1.807, 2.05) is 0 Å². The molecule has 4 nitrogen and oxygen atoms in total. The summed E-state index contributed by atoms with van der Waals surface area (Å²) in [5.74, 6) is -0.569. The summed E-state index contributed by atoms with van der Waals surface area (Å²) in [6.07, 6.45) is 6.79. The predicted molar refractivity (Wildman–Crippen MR) is 74.9 cm³/mol. The quantitative estimate of drug-likeness (QED) is 0.407.